The Hall–Kier alpha value is -0.410. The number of hydrogen-bond acceptors (Lipinski definition) is 3. The van der Waals surface area contributed by atoms with Gasteiger partial charge in [-0.05, 0) is 65.2 Å². The molecule has 3 aliphatic rings. The van der Waals surface area contributed by atoms with Gasteiger partial charge in [0.2, 0.25) is 0 Å². The molecule has 0 amide bonds. The molecule has 0 N–H and O–H groups in total. The van der Waals surface area contributed by atoms with Gasteiger partial charge in [0, 0.05) is 11.8 Å². The van der Waals surface area contributed by atoms with Crippen LogP contribution in [0.4, 0.5) is 0 Å². The molecule has 0 bridgehead atoms. The first-order valence-corrected chi connectivity index (χ1v) is 6.39. The Morgan fingerprint density at radius 2 is 1.58 bits per heavy atom. The molecule has 0 spiro atoms. The van der Waals surface area contributed by atoms with E-state index >= 15 is 0 Å². The molecular weight excluding hydrogens is 240 g/mol. The number of hydrogen-bond donors (Lipinski definition) is 0. The Morgan fingerprint density at radius 1 is 1.05 bits per heavy atom. The molecule has 0 aromatic carbocycles. The van der Waals surface area contributed by atoms with Crippen LogP contribution in [0.15, 0.2) is 0 Å². The van der Waals surface area contributed by atoms with Crippen molar-refractivity contribution in [1.82, 2.24) is 0 Å². The molecule has 19 heavy (non-hydrogen) atoms. The van der Waals surface area contributed by atoms with Gasteiger partial charge in [0.05, 0.1) is 0 Å². The molecule has 10 radical (unpaired) electrons. The van der Waals surface area contributed by atoms with Crippen molar-refractivity contribution in [3.05, 3.63) is 63.2 Å². The Bertz CT molecular complexity index is 342. The number of ketones is 1. The summed E-state index contributed by atoms with van der Waals surface area (Å²) in [6.45, 7) is 3.35. The number of ether oxygens (including phenoxy) is 2. The summed E-state index contributed by atoms with van der Waals surface area (Å²) in [6.07, 6.45) is 14.7. The molecule has 3 fully saturated rings. The number of rotatable bonds is 3. The van der Waals surface area contributed by atoms with Crippen LogP contribution in [-0.4, -0.2) is 23.8 Å². The molecule has 3 unspecified atom stereocenters. The molecular formula is C16H16O3. The summed E-state index contributed by atoms with van der Waals surface area (Å²) in [6, 6.07) is 0. The van der Waals surface area contributed by atoms with E-state index in [0.717, 1.165) is 11.8 Å². The quantitative estimate of drug-likeness (QED) is 0.773. The molecule has 3 rings (SSSR count). The summed E-state index contributed by atoms with van der Waals surface area (Å²) in [5.41, 5.74) is -0.934. The highest BCUT2D eigenvalue weighted by atomic mass is 16.7. The minimum Gasteiger partial charge on any atom is -0.345 e. The van der Waals surface area contributed by atoms with Gasteiger partial charge in [0.15, 0.2) is 17.7 Å². The van der Waals surface area contributed by atoms with Gasteiger partial charge in [0.25, 0.3) is 0 Å². The lowest BCUT2D eigenvalue weighted by molar-refractivity contribution is -0.139. The van der Waals surface area contributed by atoms with Crippen molar-refractivity contribution in [2.75, 3.05) is 0 Å². The fraction of sp³-hybridized carbons (Fsp3) is 0.312. The van der Waals surface area contributed by atoms with Crippen molar-refractivity contribution < 1.29 is 14.3 Å². The fourth-order valence-corrected chi connectivity index (χ4v) is 2.49. The highest BCUT2D eigenvalue weighted by Crippen LogP contribution is 2.45. The van der Waals surface area contributed by atoms with Crippen LogP contribution in [0.3, 0.4) is 0 Å². The second kappa shape index (κ2) is 5.17. The zero-order valence-corrected chi connectivity index (χ0v) is 11.0. The molecule has 1 saturated heterocycles. The maximum absolute atomic E-state index is 12.0. The normalized spacial score (nSPS) is 41.2. The predicted molar refractivity (Wildman–Crippen MR) is 69.7 cm³/mol. The summed E-state index contributed by atoms with van der Waals surface area (Å²) in [5.74, 6) is 1.90. The molecule has 3 nitrogen and oxygen atoms in total. The first kappa shape index (κ1) is 13.6. The van der Waals surface area contributed by atoms with Crippen LogP contribution < -0.4 is 0 Å². The van der Waals surface area contributed by atoms with Crippen molar-refractivity contribution >= 4 is 5.78 Å². The molecule has 98 valence electrons. The van der Waals surface area contributed by atoms with Crippen molar-refractivity contribution in [1.29, 1.82) is 0 Å². The van der Waals surface area contributed by atoms with E-state index in [9.17, 15) is 4.79 Å². The third-order valence-corrected chi connectivity index (χ3v) is 3.76. The zero-order chi connectivity index (χ0) is 13.5. The average Bonchev–Trinajstić information content (AvgIpc) is 3.09. The van der Waals surface area contributed by atoms with Crippen molar-refractivity contribution in [3.8, 4) is 0 Å². The monoisotopic (exact) mass is 256 g/mol. The number of Topliss-reactive ketones (excluding diaryl/α,β-unsaturated/α-hetero) is 1. The minimum atomic E-state index is -0.934. The van der Waals surface area contributed by atoms with Crippen LogP contribution in [0, 0.1) is 63.2 Å². The Balaban J connectivity index is 1.77. The fourth-order valence-electron chi connectivity index (χ4n) is 2.49. The van der Waals surface area contributed by atoms with Crippen LogP contribution in [0.1, 0.15) is 13.8 Å². The third kappa shape index (κ3) is 2.36. The molecule has 1 heterocycles. The summed E-state index contributed by atoms with van der Waals surface area (Å²) < 4.78 is 11.9. The van der Waals surface area contributed by atoms with E-state index in [1.54, 1.807) is 13.8 Å². The summed E-state index contributed by atoms with van der Waals surface area (Å²) >= 11 is 0. The lowest BCUT2D eigenvalue weighted by Gasteiger charge is -2.29. The Kier molecular flexibility index (Phi) is 3.69. The van der Waals surface area contributed by atoms with E-state index in [0.29, 0.717) is 0 Å². The molecule has 2 aliphatic carbocycles. The van der Waals surface area contributed by atoms with Crippen LogP contribution in [0.2, 0.25) is 0 Å². The Labute approximate surface area is 116 Å². The van der Waals surface area contributed by atoms with Crippen molar-refractivity contribution in [2.24, 2.45) is 0 Å². The topological polar surface area (TPSA) is 35.5 Å². The largest absolute Gasteiger partial charge is 0.345 e. The Morgan fingerprint density at radius 3 is 2.11 bits per heavy atom. The predicted octanol–water partition coefficient (Wildman–Crippen LogP) is 1.89. The molecule has 3 atom stereocenters. The molecule has 3 heteroatoms. The highest BCUT2D eigenvalue weighted by Gasteiger charge is 2.55. The summed E-state index contributed by atoms with van der Waals surface area (Å²) in [7, 11) is 0. The standard InChI is InChI=1S/C16H16O3/c1-11(17)16(2)14(12-7-3-4-8-12)18-15(19-16)13-9-5-6-10-13/h3-10,14-15H,1-2H3. The van der Waals surface area contributed by atoms with E-state index < -0.39 is 11.9 Å². The van der Waals surface area contributed by atoms with E-state index in [1.165, 1.54) is 0 Å². The van der Waals surface area contributed by atoms with Crippen molar-refractivity contribution in [2.45, 2.75) is 31.8 Å². The van der Waals surface area contributed by atoms with Gasteiger partial charge in [-0.1, -0.05) is 0 Å². The van der Waals surface area contributed by atoms with Gasteiger partial charge in [0.1, 0.15) is 6.10 Å². The minimum absolute atomic E-state index is 0.0206. The lowest BCUT2D eigenvalue weighted by atomic mass is 9.85. The third-order valence-electron chi connectivity index (χ3n) is 3.76. The first-order valence-electron chi connectivity index (χ1n) is 6.39. The van der Waals surface area contributed by atoms with E-state index in [4.69, 9.17) is 9.47 Å². The van der Waals surface area contributed by atoms with Crippen molar-refractivity contribution in [3.63, 3.8) is 0 Å². The molecule has 1 aliphatic heterocycles. The molecule has 0 aromatic heterocycles. The smallest absolute Gasteiger partial charge is 0.166 e. The molecule has 2 saturated carbocycles. The summed E-state index contributed by atoms with van der Waals surface area (Å²) in [4.78, 5) is 12.0. The van der Waals surface area contributed by atoms with Gasteiger partial charge in [-0.15, -0.1) is 0 Å². The van der Waals surface area contributed by atoms with Gasteiger partial charge in [-0.3, -0.25) is 4.79 Å². The zero-order valence-electron chi connectivity index (χ0n) is 11.0. The van der Waals surface area contributed by atoms with Crippen LogP contribution in [0.5, 0.6) is 0 Å². The maximum Gasteiger partial charge on any atom is 0.166 e. The van der Waals surface area contributed by atoms with Gasteiger partial charge < -0.3 is 9.47 Å². The van der Waals surface area contributed by atoms with Gasteiger partial charge in [-0.25, -0.2) is 0 Å². The SMILES string of the molecule is CC(=O)C1(C)OC([C]2[CH][CH][CH][CH]2)OC1[C]1[CH][CH][CH][CH]1. The second-order valence-corrected chi connectivity index (χ2v) is 5.07. The highest BCUT2D eigenvalue weighted by molar-refractivity contribution is 5.86. The first-order chi connectivity index (χ1) is 9.11. The van der Waals surface area contributed by atoms with Crippen LogP contribution in [-0.2, 0) is 14.3 Å². The van der Waals surface area contributed by atoms with Gasteiger partial charge in [-0.2, -0.15) is 0 Å². The van der Waals surface area contributed by atoms with E-state index in [-0.39, 0.29) is 11.9 Å². The summed E-state index contributed by atoms with van der Waals surface area (Å²) in [5, 5.41) is 0. The lowest BCUT2D eigenvalue weighted by Crippen LogP contribution is -2.46. The average molecular weight is 256 g/mol. The maximum atomic E-state index is 12.0. The van der Waals surface area contributed by atoms with E-state index in [2.05, 4.69) is 0 Å². The second-order valence-electron chi connectivity index (χ2n) is 5.07. The number of carbonyl (C=O) groups excluding carboxylic acids is 1. The van der Waals surface area contributed by atoms with Gasteiger partial charge >= 0.3 is 0 Å². The molecule has 0 aromatic rings. The van der Waals surface area contributed by atoms with E-state index in [1.807, 2.05) is 51.4 Å². The van der Waals surface area contributed by atoms with Crippen LogP contribution in [0.25, 0.3) is 0 Å². The van der Waals surface area contributed by atoms with Crippen LogP contribution >= 0.6 is 0 Å². The number of carbonyl (C=O) groups is 1.